The summed E-state index contributed by atoms with van der Waals surface area (Å²) in [4.78, 5) is 10.9. The molecule has 0 saturated heterocycles. The lowest BCUT2D eigenvalue weighted by atomic mass is 10.0. The molecule has 3 aromatic heterocycles. The molecule has 1 atom stereocenters. The molecule has 4 rings (SSSR count). The number of aryl methyl sites for hydroxylation is 1. The highest BCUT2D eigenvalue weighted by Gasteiger charge is 2.27. The molecule has 21 heavy (non-hydrogen) atoms. The first-order chi connectivity index (χ1) is 10.4. The zero-order valence-corrected chi connectivity index (χ0v) is 12.9. The van der Waals surface area contributed by atoms with Crippen molar-refractivity contribution >= 4 is 22.5 Å². The largest absolute Gasteiger partial charge is 0.311 e. The van der Waals surface area contributed by atoms with Gasteiger partial charge in [-0.15, -0.1) is 11.3 Å². The number of thiophene rings is 1. The Morgan fingerprint density at radius 2 is 2.38 bits per heavy atom. The molecular weight excluding hydrogens is 280 g/mol. The van der Waals surface area contributed by atoms with Gasteiger partial charge in [0.1, 0.15) is 11.3 Å². The Balaban J connectivity index is 1.89. The van der Waals surface area contributed by atoms with Crippen LogP contribution in [0.3, 0.4) is 0 Å². The van der Waals surface area contributed by atoms with Gasteiger partial charge in [-0.3, -0.25) is 0 Å². The number of pyridine rings is 1. The minimum absolute atomic E-state index is 0.195. The van der Waals surface area contributed by atoms with E-state index in [-0.39, 0.29) is 6.04 Å². The van der Waals surface area contributed by atoms with E-state index in [1.807, 2.05) is 23.6 Å². The molecule has 0 aliphatic carbocycles. The summed E-state index contributed by atoms with van der Waals surface area (Å²) in [5, 5.41) is 5.82. The van der Waals surface area contributed by atoms with Gasteiger partial charge < -0.3 is 9.88 Å². The van der Waals surface area contributed by atoms with Gasteiger partial charge in [0, 0.05) is 24.2 Å². The summed E-state index contributed by atoms with van der Waals surface area (Å²) in [6, 6.07) is 6.44. The number of rotatable bonds is 3. The van der Waals surface area contributed by atoms with Crippen molar-refractivity contribution in [2.75, 3.05) is 6.54 Å². The van der Waals surface area contributed by atoms with Crippen LogP contribution in [0.25, 0.3) is 11.2 Å². The molecule has 0 radical (unpaired) electrons. The fourth-order valence-electron chi connectivity index (χ4n) is 3.12. The van der Waals surface area contributed by atoms with Crippen LogP contribution in [0.4, 0.5) is 0 Å². The SMILES string of the molecule is CCCn1c(C2NCCc3sccc32)nc2cccnc21. The van der Waals surface area contributed by atoms with Gasteiger partial charge in [-0.1, -0.05) is 6.92 Å². The van der Waals surface area contributed by atoms with Crippen molar-refractivity contribution in [1.29, 1.82) is 0 Å². The average molecular weight is 298 g/mol. The van der Waals surface area contributed by atoms with Gasteiger partial charge in [-0.25, -0.2) is 9.97 Å². The summed E-state index contributed by atoms with van der Waals surface area (Å²) in [7, 11) is 0. The predicted octanol–water partition coefficient (Wildman–Crippen LogP) is 3.14. The highest BCUT2D eigenvalue weighted by molar-refractivity contribution is 7.10. The topological polar surface area (TPSA) is 42.7 Å². The van der Waals surface area contributed by atoms with Crippen molar-refractivity contribution in [1.82, 2.24) is 19.9 Å². The van der Waals surface area contributed by atoms with Crippen molar-refractivity contribution in [3.8, 4) is 0 Å². The van der Waals surface area contributed by atoms with Gasteiger partial charge in [0.15, 0.2) is 5.65 Å². The maximum absolute atomic E-state index is 4.88. The fraction of sp³-hybridized carbons (Fsp3) is 0.375. The van der Waals surface area contributed by atoms with Crippen LogP contribution in [0, 0.1) is 0 Å². The second-order valence-corrected chi connectivity index (χ2v) is 6.40. The molecule has 0 aromatic carbocycles. The Kier molecular flexibility index (Phi) is 3.24. The smallest absolute Gasteiger partial charge is 0.160 e. The number of aromatic nitrogens is 3. The molecule has 1 aliphatic heterocycles. The van der Waals surface area contributed by atoms with Crippen LogP contribution in [-0.4, -0.2) is 21.1 Å². The Bertz CT molecular complexity index is 774. The number of hydrogen-bond donors (Lipinski definition) is 1. The number of fused-ring (bicyclic) bond motifs is 2. The van der Waals surface area contributed by atoms with E-state index in [1.165, 1.54) is 10.4 Å². The molecular formula is C16H18N4S. The average Bonchev–Trinajstić information content (AvgIpc) is 3.12. The summed E-state index contributed by atoms with van der Waals surface area (Å²) < 4.78 is 2.28. The van der Waals surface area contributed by atoms with E-state index in [1.54, 1.807) is 0 Å². The van der Waals surface area contributed by atoms with E-state index < -0.39 is 0 Å². The first-order valence-corrected chi connectivity index (χ1v) is 8.37. The van der Waals surface area contributed by atoms with Crippen LogP contribution in [0.1, 0.15) is 35.7 Å². The van der Waals surface area contributed by atoms with Crippen LogP contribution in [0.15, 0.2) is 29.8 Å². The summed E-state index contributed by atoms with van der Waals surface area (Å²) in [6.45, 7) is 4.17. The maximum atomic E-state index is 4.88. The lowest BCUT2D eigenvalue weighted by Crippen LogP contribution is -2.31. The highest BCUT2D eigenvalue weighted by atomic mass is 32.1. The Labute approximate surface area is 127 Å². The van der Waals surface area contributed by atoms with Crippen LogP contribution >= 0.6 is 11.3 Å². The van der Waals surface area contributed by atoms with Crippen molar-refractivity contribution in [2.24, 2.45) is 0 Å². The van der Waals surface area contributed by atoms with Crippen LogP contribution in [-0.2, 0) is 13.0 Å². The molecule has 0 spiro atoms. The molecule has 1 unspecified atom stereocenters. The third-order valence-corrected chi connectivity index (χ3v) is 5.03. The molecule has 4 nitrogen and oxygen atoms in total. The third kappa shape index (κ3) is 2.08. The first kappa shape index (κ1) is 13.0. The van der Waals surface area contributed by atoms with E-state index in [2.05, 4.69) is 39.3 Å². The number of hydrogen-bond acceptors (Lipinski definition) is 4. The summed E-state index contributed by atoms with van der Waals surface area (Å²) >= 11 is 1.86. The number of nitrogens with one attached hydrogen (secondary N) is 1. The highest BCUT2D eigenvalue weighted by Crippen LogP contribution is 2.32. The molecule has 0 bridgehead atoms. The maximum Gasteiger partial charge on any atom is 0.160 e. The lowest BCUT2D eigenvalue weighted by Gasteiger charge is -2.24. The quantitative estimate of drug-likeness (QED) is 0.808. The molecule has 4 heterocycles. The second-order valence-electron chi connectivity index (χ2n) is 5.40. The Hall–Kier alpha value is -1.72. The van der Waals surface area contributed by atoms with Gasteiger partial charge in [-0.2, -0.15) is 0 Å². The molecule has 108 valence electrons. The van der Waals surface area contributed by atoms with Gasteiger partial charge in [0.2, 0.25) is 0 Å². The second kappa shape index (κ2) is 5.24. The van der Waals surface area contributed by atoms with E-state index in [4.69, 9.17) is 4.98 Å². The summed E-state index contributed by atoms with van der Waals surface area (Å²) in [6.07, 6.45) is 4.05. The standard InChI is InChI=1S/C16H18N4S/c1-2-9-20-15-12(4-3-7-18-15)19-16(20)14-11-6-10-21-13(11)5-8-17-14/h3-4,6-7,10,14,17H,2,5,8-9H2,1H3. The van der Waals surface area contributed by atoms with E-state index >= 15 is 0 Å². The minimum atomic E-state index is 0.195. The van der Waals surface area contributed by atoms with Crippen molar-refractivity contribution in [3.05, 3.63) is 46.0 Å². The van der Waals surface area contributed by atoms with Gasteiger partial charge in [0.05, 0.1) is 6.04 Å². The van der Waals surface area contributed by atoms with E-state index in [0.29, 0.717) is 0 Å². The molecule has 0 saturated carbocycles. The first-order valence-electron chi connectivity index (χ1n) is 7.49. The van der Waals surface area contributed by atoms with Crippen molar-refractivity contribution < 1.29 is 0 Å². The zero-order valence-electron chi connectivity index (χ0n) is 12.0. The molecule has 5 heteroatoms. The molecule has 0 fully saturated rings. The zero-order chi connectivity index (χ0) is 14.2. The van der Waals surface area contributed by atoms with Crippen molar-refractivity contribution in [2.45, 2.75) is 32.4 Å². The van der Waals surface area contributed by atoms with Crippen LogP contribution in [0.5, 0.6) is 0 Å². The number of nitrogens with zero attached hydrogens (tertiary/aromatic N) is 3. The normalized spacial score (nSPS) is 18.0. The van der Waals surface area contributed by atoms with Crippen LogP contribution in [0.2, 0.25) is 0 Å². The summed E-state index contributed by atoms with van der Waals surface area (Å²) in [5.41, 5.74) is 3.38. The molecule has 0 amide bonds. The van der Waals surface area contributed by atoms with E-state index in [0.717, 1.165) is 42.9 Å². The van der Waals surface area contributed by atoms with Gasteiger partial charge >= 0.3 is 0 Å². The van der Waals surface area contributed by atoms with Crippen molar-refractivity contribution in [3.63, 3.8) is 0 Å². The Morgan fingerprint density at radius 3 is 3.29 bits per heavy atom. The lowest BCUT2D eigenvalue weighted by molar-refractivity contribution is 0.518. The third-order valence-electron chi connectivity index (χ3n) is 4.03. The number of imidazole rings is 1. The monoisotopic (exact) mass is 298 g/mol. The molecule has 1 aliphatic rings. The molecule has 1 N–H and O–H groups in total. The predicted molar refractivity (Wildman–Crippen MR) is 85.7 cm³/mol. The van der Waals surface area contributed by atoms with Crippen LogP contribution < -0.4 is 5.32 Å². The fourth-order valence-corrected chi connectivity index (χ4v) is 4.04. The van der Waals surface area contributed by atoms with E-state index in [9.17, 15) is 0 Å². The van der Waals surface area contributed by atoms with Gasteiger partial charge in [-0.05, 0) is 42.0 Å². The summed E-state index contributed by atoms with van der Waals surface area (Å²) in [5.74, 6) is 1.10. The molecule has 3 aromatic rings. The van der Waals surface area contributed by atoms with Gasteiger partial charge in [0.25, 0.3) is 0 Å². The Morgan fingerprint density at radius 1 is 1.43 bits per heavy atom. The minimum Gasteiger partial charge on any atom is -0.311 e.